The Kier molecular flexibility index (Phi) is 3.41. The molecule has 1 saturated carbocycles. The van der Waals surface area contributed by atoms with Gasteiger partial charge in [0.05, 0.1) is 6.10 Å². The van der Waals surface area contributed by atoms with Gasteiger partial charge in [-0.2, -0.15) is 4.98 Å². The summed E-state index contributed by atoms with van der Waals surface area (Å²) in [6, 6.07) is 0.420. The molecule has 20 heavy (non-hydrogen) atoms. The van der Waals surface area contributed by atoms with Crippen LogP contribution < -0.4 is 4.90 Å². The summed E-state index contributed by atoms with van der Waals surface area (Å²) in [5.74, 6) is -1.05. The molecule has 0 amide bonds. The highest BCUT2D eigenvalue weighted by Gasteiger charge is 2.46. The first kappa shape index (κ1) is 13.4. The van der Waals surface area contributed by atoms with Crippen LogP contribution in [0.2, 0.25) is 0 Å². The van der Waals surface area contributed by atoms with Crippen LogP contribution in [0.3, 0.4) is 0 Å². The molecule has 1 aromatic heterocycles. The molecule has 0 radical (unpaired) electrons. The fraction of sp³-hybridized carbons (Fsp3) is 0.714. The Morgan fingerprint density at radius 3 is 3.05 bits per heavy atom. The van der Waals surface area contributed by atoms with Crippen molar-refractivity contribution in [2.24, 2.45) is 5.41 Å². The summed E-state index contributed by atoms with van der Waals surface area (Å²) in [7, 11) is 1.78. The molecule has 2 heterocycles. The minimum absolute atomic E-state index is 0.0330. The summed E-state index contributed by atoms with van der Waals surface area (Å²) in [5.41, 5.74) is 0.138. The van der Waals surface area contributed by atoms with E-state index in [1.165, 1.54) is 12.7 Å². The van der Waals surface area contributed by atoms with Gasteiger partial charge in [-0.3, -0.25) is 0 Å². The zero-order valence-corrected chi connectivity index (χ0v) is 11.7. The van der Waals surface area contributed by atoms with Gasteiger partial charge in [0.25, 0.3) is 6.01 Å². The molecule has 1 saturated heterocycles. The van der Waals surface area contributed by atoms with Gasteiger partial charge in [0.15, 0.2) is 5.69 Å². The van der Waals surface area contributed by atoms with Crippen molar-refractivity contribution in [3.8, 4) is 0 Å². The summed E-state index contributed by atoms with van der Waals surface area (Å²) in [6.07, 6.45) is 7.18. The fourth-order valence-electron chi connectivity index (χ4n) is 3.77. The lowest BCUT2D eigenvalue weighted by Crippen LogP contribution is -2.48. The molecule has 0 bridgehead atoms. The predicted molar refractivity (Wildman–Crippen MR) is 72.0 cm³/mol. The zero-order valence-electron chi connectivity index (χ0n) is 11.7. The van der Waals surface area contributed by atoms with E-state index in [0.29, 0.717) is 12.1 Å². The van der Waals surface area contributed by atoms with Gasteiger partial charge in [-0.05, 0) is 25.7 Å². The van der Waals surface area contributed by atoms with Crippen molar-refractivity contribution in [3.05, 3.63) is 12.0 Å². The van der Waals surface area contributed by atoms with E-state index in [9.17, 15) is 4.79 Å². The van der Waals surface area contributed by atoms with Crippen LogP contribution in [0.5, 0.6) is 0 Å². The highest BCUT2D eigenvalue weighted by atomic mass is 16.5. The van der Waals surface area contributed by atoms with E-state index >= 15 is 0 Å². The molecule has 1 aromatic rings. The normalized spacial score (nSPS) is 30.1. The van der Waals surface area contributed by atoms with Gasteiger partial charge >= 0.3 is 5.97 Å². The minimum atomic E-state index is -1.05. The topological polar surface area (TPSA) is 75.8 Å². The van der Waals surface area contributed by atoms with Gasteiger partial charge in [0, 0.05) is 25.6 Å². The first-order valence-corrected chi connectivity index (χ1v) is 7.11. The van der Waals surface area contributed by atoms with E-state index in [2.05, 4.69) is 9.88 Å². The lowest BCUT2D eigenvalue weighted by molar-refractivity contribution is 0.00157. The van der Waals surface area contributed by atoms with Crippen LogP contribution in [0.4, 0.5) is 6.01 Å². The highest BCUT2D eigenvalue weighted by molar-refractivity contribution is 5.85. The molecule has 2 atom stereocenters. The van der Waals surface area contributed by atoms with E-state index in [-0.39, 0.29) is 11.1 Å². The zero-order chi connectivity index (χ0) is 14.2. The number of hydrogen-bond acceptors (Lipinski definition) is 5. The van der Waals surface area contributed by atoms with E-state index in [1.54, 1.807) is 7.11 Å². The average Bonchev–Trinajstić information content (AvgIpc) is 3.06. The van der Waals surface area contributed by atoms with Gasteiger partial charge in [0.2, 0.25) is 0 Å². The Balaban J connectivity index is 1.79. The third-order valence-corrected chi connectivity index (χ3v) is 4.70. The fourth-order valence-corrected chi connectivity index (χ4v) is 3.77. The Bertz CT molecular complexity index is 501. The van der Waals surface area contributed by atoms with E-state index in [4.69, 9.17) is 14.3 Å². The minimum Gasteiger partial charge on any atom is -0.476 e. The molecule has 110 valence electrons. The van der Waals surface area contributed by atoms with Crippen molar-refractivity contribution < 1.29 is 19.1 Å². The van der Waals surface area contributed by atoms with Crippen LogP contribution in [0.15, 0.2) is 10.7 Å². The van der Waals surface area contributed by atoms with Gasteiger partial charge in [0.1, 0.15) is 6.26 Å². The van der Waals surface area contributed by atoms with Gasteiger partial charge in [-0.25, -0.2) is 4.79 Å². The molecule has 1 aliphatic carbocycles. The number of piperidine rings is 1. The van der Waals surface area contributed by atoms with Crippen LogP contribution in [0.25, 0.3) is 0 Å². The molecular formula is C14H20N2O4. The quantitative estimate of drug-likeness (QED) is 0.914. The molecule has 2 aliphatic rings. The molecule has 3 rings (SSSR count). The molecule has 1 N–H and O–H groups in total. The van der Waals surface area contributed by atoms with Crippen molar-refractivity contribution >= 4 is 12.0 Å². The number of carbonyl (C=O) groups is 1. The molecule has 6 heteroatoms. The number of methoxy groups -OCH3 is 1. The van der Waals surface area contributed by atoms with Crippen molar-refractivity contribution in [2.75, 3.05) is 25.1 Å². The second-order valence-electron chi connectivity index (χ2n) is 5.82. The van der Waals surface area contributed by atoms with Crippen LogP contribution in [-0.4, -0.2) is 42.4 Å². The molecule has 0 aromatic carbocycles. The SMILES string of the molecule is CO[C@@H]1CCC[C@]12CCCN(c1nc(C(=O)O)co1)C2. The van der Waals surface area contributed by atoms with Crippen molar-refractivity contribution in [3.63, 3.8) is 0 Å². The highest BCUT2D eigenvalue weighted by Crippen LogP contribution is 2.46. The maximum Gasteiger partial charge on any atom is 0.357 e. The number of carboxylic acids is 1. The lowest BCUT2D eigenvalue weighted by Gasteiger charge is -2.43. The summed E-state index contributed by atoms with van der Waals surface area (Å²) >= 11 is 0. The number of ether oxygens (including phenoxy) is 1. The molecule has 6 nitrogen and oxygen atoms in total. The smallest absolute Gasteiger partial charge is 0.357 e. The molecular weight excluding hydrogens is 260 g/mol. The Labute approximate surface area is 117 Å². The summed E-state index contributed by atoms with van der Waals surface area (Å²) in [5, 5.41) is 8.92. The predicted octanol–water partition coefficient (Wildman–Crippen LogP) is 2.16. The maximum absolute atomic E-state index is 10.9. The van der Waals surface area contributed by atoms with Gasteiger partial charge in [-0.15, -0.1) is 0 Å². The molecule has 1 spiro atoms. The summed E-state index contributed by atoms with van der Waals surface area (Å²) in [4.78, 5) is 17.0. The van der Waals surface area contributed by atoms with Crippen LogP contribution in [0, 0.1) is 5.41 Å². The monoisotopic (exact) mass is 280 g/mol. The third kappa shape index (κ3) is 2.18. The number of oxazole rings is 1. The van der Waals surface area contributed by atoms with Crippen LogP contribution in [0.1, 0.15) is 42.6 Å². The number of carboxylic acid groups (broad SMARTS) is 1. The average molecular weight is 280 g/mol. The van der Waals surface area contributed by atoms with Crippen molar-refractivity contribution in [1.82, 2.24) is 4.98 Å². The molecule has 0 unspecified atom stereocenters. The maximum atomic E-state index is 10.9. The van der Waals surface area contributed by atoms with Crippen molar-refractivity contribution in [1.29, 1.82) is 0 Å². The summed E-state index contributed by atoms with van der Waals surface area (Å²) in [6.45, 7) is 1.70. The Morgan fingerprint density at radius 1 is 1.55 bits per heavy atom. The second-order valence-corrected chi connectivity index (χ2v) is 5.82. The van der Waals surface area contributed by atoms with Crippen molar-refractivity contribution in [2.45, 2.75) is 38.2 Å². The van der Waals surface area contributed by atoms with Crippen LogP contribution >= 0.6 is 0 Å². The first-order chi connectivity index (χ1) is 9.64. The van der Waals surface area contributed by atoms with E-state index in [1.807, 2.05) is 0 Å². The molecule has 1 aliphatic heterocycles. The Morgan fingerprint density at radius 2 is 2.35 bits per heavy atom. The van der Waals surface area contributed by atoms with Gasteiger partial charge in [-0.1, -0.05) is 6.42 Å². The number of anilines is 1. The van der Waals surface area contributed by atoms with E-state index < -0.39 is 5.97 Å². The van der Waals surface area contributed by atoms with E-state index in [0.717, 1.165) is 38.8 Å². The number of hydrogen-bond donors (Lipinski definition) is 1. The largest absolute Gasteiger partial charge is 0.476 e. The summed E-state index contributed by atoms with van der Waals surface area (Å²) < 4.78 is 11.0. The van der Waals surface area contributed by atoms with Crippen LogP contribution in [-0.2, 0) is 4.74 Å². The first-order valence-electron chi connectivity index (χ1n) is 7.11. The molecule has 2 fully saturated rings. The Hall–Kier alpha value is -1.56. The second kappa shape index (κ2) is 5.09. The standard InChI is InChI=1S/C14H20N2O4/c1-19-11-4-2-5-14(11)6-3-7-16(9-14)13-15-10(8-20-13)12(17)18/h8,11H,2-7,9H2,1H3,(H,17,18)/t11-,14-/m1/s1. The number of aromatic carboxylic acids is 1. The lowest BCUT2D eigenvalue weighted by atomic mass is 9.76. The number of rotatable bonds is 3. The number of nitrogens with zero attached hydrogens (tertiary/aromatic N) is 2. The third-order valence-electron chi connectivity index (χ3n) is 4.70. The number of aromatic nitrogens is 1. The van der Waals surface area contributed by atoms with Gasteiger partial charge < -0.3 is 19.2 Å².